The molecule has 0 atom stereocenters. The van der Waals surface area contributed by atoms with E-state index in [-0.39, 0.29) is 11.8 Å². The van der Waals surface area contributed by atoms with E-state index in [0.29, 0.717) is 35.8 Å². The van der Waals surface area contributed by atoms with Crippen molar-refractivity contribution in [2.24, 2.45) is 0 Å². The molecule has 3 aromatic heterocycles. The van der Waals surface area contributed by atoms with Gasteiger partial charge in [-0.25, -0.2) is 4.98 Å². The molecule has 0 saturated carbocycles. The lowest BCUT2D eigenvalue weighted by molar-refractivity contribution is 0.0736. The Bertz CT molecular complexity index is 1180. The lowest BCUT2D eigenvalue weighted by Gasteiger charge is -2.26. The molecule has 0 spiro atoms. The molecular formula is C22H18N4O3S. The Hall–Kier alpha value is -3.65. The summed E-state index contributed by atoms with van der Waals surface area (Å²) in [5.74, 6) is -0.261. The summed E-state index contributed by atoms with van der Waals surface area (Å²) >= 11 is 1.41. The molecule has 30 heavy (non-hydrogen) atoms. The Morgan fingerprint density at radius 2 is 1.87 bits per heavy atom. The predicted molar refractivity (Wildman–Crippen MR) is 113 cm³/mol. The average molecular weight is 418 g/mol. The van der Waals surface area contributed by atoms with E-state index in [0.717, 1.165) is 16.3 Å². The van der Waals surface area contributed by atoms with Crippen molar-refractivity contribution < 1.29 is 14.0 Å². The minimum atomic E-state index is -0.259. The average Bonchev–Trinajstić information content (AvgIpc) is 3.54. The molecule has 4 heterocycles. The maximum absolute atomic E-state index is 13.0. The number of thiazole rings is 1. The number of carbonyl (C=O) groups excluding carboxylic acids is 2. The van der Waals surface area contributed by atoms with Crippen LogP contribution in [0.25, 0.3) is 5.69 Å². The minimum Gasteiger partial charge on any atom is -0.472 e. The summed E-state index contributed by atoms with van der Waals surface area (Å²) in [6.45, 7) is 1.09. The summed E-state index contributed by atoms with van der Waals surface area (Å²) in [6.07, 6.45) is 7.45. The first-order valence-corrected chi connectivity index (χ1v) is 10.3. The summed E-state index contributed by atoms with van der Waals surface area (Å²) in [5, 5.41) is 3.34. The van der Waals surface area contributed by atoms with Crippen molar-refractivity contribution in [1.82, 2.24) is 14.5 Å². The van der Waals surface area contributed by atoms with Crippen molar-refractivity contribution in [3.05, 3.63) is 89.1 Å². The second-order valence-corrected chi connectivity index (χ2v) is 8.05. The summed E-state index contributed by atoms with van der Waals surface area (Å²) in [7, 11) is 0. The summed E-state index contributed by atoms with van der Waals surface area (Å²) in [6, 6.07) is 13.1. The number of hydrogen-bond acceptors (Lipinski definition) is 5. The van der Waals surface area contributed by atoms with Gasteiger partial charge in [-0.3, -0.25) is 14.9 Å². The van der Waals surface area contributed by atoms with E-state index in [1.165, 1.54) is 23.9 Å². The van der Waals surface area contributed by atoms with Gasteiger partial charge < -0.3 is 13.9 Å². The number of benzene rings is 1. The largest absolute Gasteiger partial charge is 0.472 e. The molecule has 8 heteroatoms. The first kappa shape index (κ1) is 18.4. The second-order valence-electron chi connectivity index (χ2n) is 6.97. The number of rotatable bonds is 4. The monoisotopic (exact) mass is 418 g/mol. The van der Waals surface area contributed by atoms with Gasteiger partial charge in [-0.1, -0.05) is 11.3 Å². The topological polar surface area (TPSA) is 80.4 Å². The SMILES string of the molecule is O=C(Nc1nc2c(s1)CN(C(=O)c1ccc(-n3cccc3)cc1)CC2)c1ccoc1. The van der Waals surface area contributed by atoms with Crippen molar-refractivity contribution in [3.8, 4) is 5.69 Å². The summed E-state index contributed by atoms with van der Waals surface area (Å²) in [5.41, 5.74) is 3.06. The van der Waals surface area contributed by atoms with E-state index in [1.54, 1.807) is 6.07 Å². The normalized spacial score (nSPS) is 13.1. The molecular weight excluding hydrogens is 400 g/mol. The zero-order valence-electron chi connectivity index (χ0n) is 15.9. The van der Waals surface area contributed by atoms with Crippen molar-refractivity contribution in [1.29, 1.82) is 0 Å². The highest BCUT2D eigenvalue weighted by molar-refractivity contribution is 7.15. The van der Waals surface area contributed by atoms with Crippen LogP contribution in [-0.2, 0) is 13.0 Å². The predicted octanol–water partition coefficient (Wildman–Crippen LogP) is 3.98. The van der Waals surface area contributed by atoms with E-state index in [4.69, 9.17) is 4.42 Å². The van der Waals surface area contributed by atoms with Gasteiger partial charge in [0.15, 0.2) is 5.13 Å². The Morgan fingerprint density at radius 1 is 1.07 bits per heavy atom. The van der Waals surface area contributed by atoms with E-state index in [2.05, 4.69) is 10.3 Å². The van der Waals surface area contributed by atoms with Crippen LogP contribution in [0.5, 0.6) is 0 Å². The standard InChI is InChI=1S/C22H18N4O3S/c27-20(16-8-12-29-14-16)24-22-23-18-7-11-26(13-19(18)30-22)21(28)15-3-5-17(6-4-15)25-9-1-2-10-25/h1-6,8-10,12,14H,7,11,13H2,(H,23,24,27). The van der Waals surface area contributed by atoms with Crippen molar-refractivity contribution in [2.45, 2.75) is 13.0 Å². The Kier molecular flexibility index (Phi) is 4.68. The molecule has 1 aromatic carbocycles. The van der Waals surface area contributed by atoms with Gasteiger partial charge >= 0.3 is 0 Å². The number of aromatic nitrogens is 2. The lowest BCUT2D eigenvalue weighted by atomic mass is 10.1. The molecule has 0 saturated heterocycles. The number of amides is 2. The van der Waals surface area contributed by atoms with E-state index >= 15 is 0 Å². The highest BCUT2D eigenvalue weighted by atomic mass is 32.1. The van der Waals surface area contributed by atoms with Crippen LogP contribution >= 0.6 is 11.3 Å². The smallest absolute Gasteiger partial charge is 0.260 e. The third-order valence-electron chi connectivity index (χ3n) is 5.04. The molecule has 0 unspecified atom stereocenters. The quantitative estimate of drug-likeness (QED) is 0.544. The molecule has 2 amide bonds. The molecule has 0 fully saturated rings. The third kappa shape index (κ3) is 3.53. The van der Waals surface area contributed by atoms with E-state index < -0.39 is 0 Å². The van der Waals surface area contributed by atoms with Gasteiger partial charge in [-0.15, -0.1) is 0 Å². The number of nitrogens with zero attached hydrogens (tertiary/aromatic N) is 3. The molecule has 150 valence electrons. The van der Waals surface area contributed by atoms with Gasteiger partial charge in [0.2, 0.25) is 0 Å². The van der Waals surface area contributed by atoms with Gasteiger partial charge in [-0.2, -0.15) is 0 Å². The number of fused-ring (bicyclic) bond motifs is 1. The Labute approximate surface area is 176 Å². The zero-order valence-corrected chi connectivity index (χ0v) is 16.8. The van der Waals surface area contributed by atoms with Crippen LogP contribution in [0.2, 0.25) is 0 Å². The van der Waals surface area contributed by atoms with Crippen LogP contribution in [0.4, 0.5) is 5.13 Å². The van der Waals surface area contributed by atoms with Crippen molar-refractivity contribution in [2.75, 3.05) is 11.9 Å². The zero-order chi connectivity index (χ0) is 20.5. The first-order valence-electron chi connectivity index (χ1n) is 9.52. The van der Waals surface area contributed by atoms with Crippen LogP contribution < -0.4 is 5.32 Å². The fourth-order valence-corrected chi connectivity index (χ4v) is 4.47. The number of carbonyl (C=O) groups is 2. The van der Waals surface area contributed by atoms with Gasteiger partial charge in [0, 0.05) is 41.5 Å². The van der Waals surface area contributed by atoms with Crippen LogP contribution in [0.1, 0.15) is 31.3 Å². The fraction of sp³-hybridized carbons (Fsp3) is 0.136. The molecule has 7 nitrogen and oxygen atoms in total. The van der Waals surface area contributed by atoms with Crippen LogP contribution in [-0.4, -0.2) is 32.8 Å². The molecule has 5 rings (SSSR count). The van der Waals surface area contributed by atoms with Gasteiger partial charge in [0.25, 0.3) is 11.8 Å². The van der Waals surface area contributed by atoms with E-state index in [9.17, 15) is 9.59 Å². The molecule has 1 aliphatic heterocycles. The van der Waals surface area contributed by atoms with Crippen LogP contribution in [0.15, 0.2) is 71.8 Å². The molecule has 0 aliphatic carbocycles. The maximum Gasteiger partial charge on any atom is 0.260 e. The third-order valence-corrected chi connectivity index (χ3v) is 6.04. The summed E-state index contributed by atoms with van der Waals surface area (Å²) < 4.78 is 6.94. The Balaban J connectivity index is 1.28. The van der Waals surface area contributed by atoms with E-state index in [1.807, 2.05) is 58.3 Å². The maximum atomic E-state index is 13.0. The highest BCUT2D eigenvalue weighted by Crippen LogP contribution is 2.29. The Morgan fingerprint density at radius 3 is 2.60 bits per heavy atom. The fourth-order valence-electron chi connectivity index (χ4n) is 3.45. The molecule has 0 bridgehead atoms. The number of hydrogen-bond donors (Lipinski definition) is 1. The minimum absolute atomic E-state index is 0.00270. The molecule has 0 radical (unpaired) electrons. The first-order chi connectivity index (χ1) is 14.7. The molecule has 1 aliphatic rings. The second kappa shape index (κ2) is 7.64. The molecule has 4 aromatic rings. The van der Waals surface area contributed by atoms with Crippen LogP contribution in [0.3, 0.4) is 0 Å². The van der Waals surface area contributed by atoms with Gasteiger partial charge in [-0.05, 0) is 42.5 Å². The molecule has 1 N–H and O–H groups in total. The van der Waals surface area contributed by atoms with Gasteiger partial charge in [0.1, 0.15) is 6.26 Å². The van der Waals surface area contributed by atoms with Crippen LogP contribution in [0, 0.1) is 0 Å². The number of furan rings is 1. The van der Waals surface area contributed by atoms with Crippen molar-refractivity contribution in [3.63, 3.8) is 0 Å². The lowest BCUT2D eigenvalue weighted by Crippen LogP contribution is -2.35. The van der Waals surface area contributed by atoms with Gasteiger partial charge in [0.05, 0.1) is 24.1 Å². The number of anilines is 1. The summed E-state index contributed by atoms with van der Waals surface area (Å²) in [4.78, 5) is 32.5. The number of nitrogens with one attached hydrogen (secondary N) is 1. The van der Waals surface area contributed by atoms with Crippen molar-refractivity contribution >= 4 is 28.3 Å². The highest BCUT2D eigenvalue weighted by Gasteiger charge is 2.25.